The van der Waals surface area contributed by atoms with Crippen LogP contribution in [0, 0.1) is 0 Å². The molecule has 0 heterocycles. The molecule has 2 atom stereocenters. The van der Waals surface area contributed by atoms with E-state index in [2.05, 4.69) is 20.1 Å². The first-order valence-electron chi connectivity index (χ1n) is 5.18. The normalized spacial score (nSPS) is 13.5. The summed E-state index contributed by atoms with van der Waals surface area (Å²) in [6, 6.07) is 0.0173. The van der Waals surface area contributed by atoms with Gasteiger partial charge in [-0.1, -0.05) is 0 Å². The Morgan fingerprint density at radius 3 is 1.50 bits per heavy atom. The van der Waals surface area contributed by atoms with Gasteiger partial charge in [0.25, 0.3) is 0 Å². The number of alkyl carbamates (subject to hydrolysis) is 2. The van der Waals surface area contributed by atoms with Crippen LogP contribution in [0.3, 0.4) is 0 Å². The molecule has 6 heteroatoms. The minimum atomic E-state index is -0.443. The highest BCUT2D eigenvalue weighted by molar-refractivity contribution is 5.67. The van der Waals surface area contributed by atoms with E-state index in [0.717, 1.165) is 12.8 Å². The molecule has 2 amide bonds. The predicted octanol–water partition coefficient (Wildman–Crippen LogP) is 1.26. The van der Waals surface area contributed by atoms with E-state index < -0.39 is 12.2 Å². The van der Waals surface area contributed by atoms with E-state index in [4.69, 9.17) is 0 Å². The Hall–Kier alpha value is -1.46. The smallest absolute Gasteiger partial charge is 0.407 e. The van der Waals surface area contributed by atoms with Crippen LogP contribution in [0.25, 0.3) is 0 Å². The van der Waals surface area contributed by atoms with Crippen LogP contribution in [0.4, 0.5) is 9.59 Å². The van der Waals surface area contributed by atoms with Gasteiger partial charge in [-0.3, -0.25) is 0 Å². The van der Waals surface area contributed by atoms with Gasteiger partial charge in [0.15, 0.2) is 0 Å². The molecule has 0 aliphatic rings. The lowest BCUT2D eigenvalue weighted by molar-refractivity contribution is 0.163. The summed E-state index contributed by atoms with van der Waals surface area (Å²) in [4.78, 5) is 21.7. The Morgan fingerprint density at radius 1 is 0.938 bits per heavy atom. The molecule has 0 aliphatic carbocycles. The third kappa shape index (κ3) is 6.92. The lowest BCUT2D eigenvalue weighted by atomic mass is 10.1. The van der Waals surface area contributed by atoms with E-state index >= 15 is 0 Å². The largest absolute Gasteiger partial charge is 0.453 e. The molecule has 0 rings (SSSR count). The van der Waals surface area contributed by atoms with E-state index in [1.54, 1.807) is 0 Å². The van der Waals surface area contributed by atoms with E-state index in [-0.39, 0.29) is 12.1 Å². The number of amides is 2. The van der Waals surface area contributed by atoms with Crippen molar-refractivity contribution >= 4 is 12.2 Å². The molecule has 0 aromatic carbocycles. The van der Waals surface area contributed by atoms with Crippen molar-refractivity contribution in [1.82, 2.24) is 10.6 Å². The molecule has 0 radical (unpaired) electrons. The SMILES string of the molecule is COC(=O)N[C@H](C)CC[C@@H](C)NC(=O)OC. The Morgan fingerprint density at radius 2 is 1.25 bits per heavy atom. The van der Waals surface area contributed by atoms with Crippen molar-refractivity contribution < 1.29 is 19.1 Å². The van der Waals surface area contributed by atoms with Crippen LogP contribution in [0.15, 0.2) is 0 Å². The molecular weight excluding hydrogens is 212 g/mol. The molecule has 0 aromatic heterocycles. The first kappa shape index (κ1) is 14.5. The second-order valence-electron chi connectivity index (χ2n) is 3.65. The van der Waals surface area contributed by atoms with Gasteiger partial charge in [0.2, 0.25) is 0 Å². The average Bonchev–Trinajstić information content (AvgIpc) is 2.26. The van der Waals surface area contributed by atoms with Gasteiger partial charge in [0.05, 0.1) is 14.2 Å². The van der Waals surface area contributed by atoms with Crippen LogP contribution >= 0.6 is 0 Å². The standard InChI is InChI=1S/C10H20N2O4/c1-7(11-9(13)15-3)5-6-8(2)12-10(14)16-4/h7-8H,5-6H2,1-4H3,(H,11,13)(H,12,14)/t7-,8-/m1/s1. The highest BCUT2D eigenvalue weighted by Crippen LogP contribution is 2.01. The summed E-state index contributed by atoms with van der Waals surface area (Å²) in [5.74, 6) is 0. The van der Waals surface area contributed by atoms with Gasteiger partial charge >= 0.3 is 12.2 Å². The van der Waals surface area contributed by atoms with Gasteiger partial charge in [-0.15, -0.1) is 0 Å². The quantitative estimate of drug-likeness (QED) is 0.748. The summed E-state index contributed by atoms with van der Waals surface area (Å²) in [6.07, 6.45) is 0.614. The van der Waals surface area contributed by atoms with Gasteiger partial charge in [0, 0.05) is 12.1 Å². The Bertz CT molecular complexity index is 209. The number of carbonyl (C=O) groups is 2. The number of rotatable bonds is 5. The minimum Gasteiger partial charge on any atom is -0.453 e. The van der Waals surface area contributed by atoms with E-state index in [0.29, 0.717) is 0 Å². The van der Waals surface area contributed by atoms with Crippen molar-refractivity contribution in [2.45, 2.75) is 38.8 Å². The molecule has 0 aromatic rings. The molecule has 0 unspecified atom stereocenters. The summed E-state index contributed by atoms with van der Waals surface area (Å²) >= 11 is 0. The fourth-order valence-corrected chi connectivity index (χ4v) is 1.16. The van der Waals surface area contributed by atoms with E-state index in [1.807, 2.05) is 13.8 Å². The maximum Gasteiger partial charge on any atom is 0.407 e. The van der Waals surface area contributed by atoms with E-state index in [1.165, 1.54) is 14.2 Å². The third-order valence-electron chi connectivity index (χ3n) is 2.13. The van der Waals surface area contributed by atoms with Crippen LogP contribution < -0.4 is 10.6 Å². The second-order valence-corrected chi connectivity index (χ2v) is 3.65. The Balaban J connectivity index is 3.70. The first-order valence-corrected chi connectivity index (χ1v) is 5.18. The first-order chi connectivity index (χ1) is 7.49. The van der Waals surface area contributed by atoms with Crippen molar-refractivity contribution in [2.24, 2.45) is 0 Å². The van der Waals surface area contributed by atoms with Crippen LogP contribution in [0.1, 0.15) is 26.7 Å². The van der Waals surface area contributed by atoms with Gasteiger partial charge in [-0.05, 0) is 26.7 Å². The minimum absolute atomic E-state index is 0.00865. The van der Waals surface area contributed by atoms with Crippen LogP contribution in [0.2, 0.25) is 0 Å². The number of carbonyl (C=O) groups excluding carboxylic acids is 2. The summed E-state index contributed by atoms with van der Waals surface area (Å²) < 4.78 is 8.94. The van der Waals surface area contributed by atoms with Crippen molar-refractivity contribution in [3.05, 3.63) is 0 Å². The molecule has 0 saturated heterocycles. The number of ether oxygens (including phenoxy) is 2. The van der Waals surface area contributed by atoms with Crippen LogP contribution in [0.5, 0.6) is 0 Å². The van der Waals surface area contributed by atoms with E-state index in [9.17, 15) is 9.59 Å². The molecule has 16 heavy (non-hydrogen) atoms. The highest BCUT2D eigenvalue weighted by Gasteiger charge is 2.11. The monoisotopic (exact) mass is 232 g/mol. The van der Waals surface area contributed by atoms with Crippen LogP contribution in [-0.2, 0) is 9.47 Å². The maximum atomic E-state index is 10.9. The fourth-order valence-electron chi connectivity index (χ4n) is 1.16. The summed E-state index contributed by atoms with van der Waals surface area (Å²) in [7, 11) is 2.65. The second kappa shape index (κ2) is 7.78. The fraction of sp³-hybridized carbons (Fsp3) is 0.800. The van der Waals surface area contributed by atoms with Crippen LogP contribution in [-0.4, -0.2) is 38.5 Å². The Labute approximate surface area is 95.7 Å². The van der Waals surface area contributed by atoms with Crippen molar-refractivity contribution in [1.29, 1.82) is 0 Å². The summed E-state index contributed by atoms with van der Waals surface area (Å²) in [5, 5.41) is 5.29. The van der Waals surface area contributed by atoms with Gasteiger partial charge < -0.3 is 20.1 Å². The zero-order valence-corrected chi connectivity index (χ0v) is 10.2. The van der Waals surface area contributed by atoms with Crippen molar-refractivity contribution in [2.75, 3.05) is 14.2 Å². The van der Waals surface area contributed by atoms with Gasteiger partial charge in [-0.2, -0.15) is 0 Å². The molecule has 94 valence electrons. The molecule has 0 aliphatic heterocycles. The average molecular weight is 232 g/mol. The lowest BCUT2D eigenvalue weighted by Gasteiger charge is -2.16. The summed E-state index contributed by atoms with van der Waals surface area (Å²) in [6.45, 7) is 3.75. The molecule has 0 saturated carbocycles. The number of hydrogen-bond acceptors (Lipinski definition) is 4. The molecular formula is C10H20N2O4. The molecule has 2 N–H and O–H groups in total. The lowest BCUT2D eigenvalue weighted by Crippen LogP contribution is -2.36. The topological polar surface area (TPSA) is 76.7 Å². The maximum absolute atomic E-state index is 10.9. The molecule has 0 fully saturated rings. The van der Waals surface area contributed by atoms with Crippen molar-refractivity contribution in [3.8, 4) is 0 Å². The third-order valence-corrected chi connectivity index (χ3v) is 2.13. The summed E-state index contributed by atoms with van der Waals surface area (Å²) in [5.41, 5.74) is 0. The Kier molecular flexibility index (Phi) is 7.07. The van der Waals surface area contributed by atoms with Gasteiger partial charge in [-0.25, -0.2) is 9.59 Å². The number of methoxy groups -OCH3 is 2. The van der Waals surface area contributed by atoms with Crippen molar-refractivity contribution in [3.63, 3.8) is 0 Å². The highest BCUT2D eigenvalue weighted by atomic mass is 16.5. The zero-order valence-electron chi connectivity index (χ0n) is 10.2. The predicted molar refractivity (Wildman–Crippen MR) is 59.2 cm³/mol. The number of nitrogens with one attached hydrogen (secondary N) is 2. The van der Waals surface area contributed by atoms with Gasteiger partial charge in [0.1, 0.15) is 0 Å². The number of hydrogen-bond donors (Lipinski definition) is 2. The zero-order chi connectivity index (χ0) is 12.6. The molecule has 6 nitrogen and oxygen atoms in total. The molecule has 0 spiro atoms. The molecule has 0 bridgehead atoms.